The number of Topliss-reactive ketones (excluding diaryl/α,β-unsaturated/α-hetero) is 1. The van der Waals surface area contributed by atoms with Crippen LogP contribution in [0.5, 0.6) is 0 Å². The van der Waals surface area contributed by atoms with E-state index in [1.807, 2.05) is 0 Å². The first kappa shape index (κ1) is 12.2. The normalized spacial score (nSPS) is 16.4. The minimum Gasteiger partial charge on any atom is -0.350 e. The monoisotopic (exact) mass is 238 g/mol. The summed E-state index contributed by atoms with van der Waals surface area (Å²) in [6.45, 7) is 2.90. The summed E-state index contributed by atoms with van der Waals surface area (Å²) in [5, 5.41) is 0. The molecule has 0 atom stereocenters. The molecular formula is C13H15FO3. The first-order valence-electron chi connectivity index (χ1n) is 5.65. The molecule has 2 rings (SSSR count). The SMILES string of the molecule is Cc1cc(F)ccc1CC(=O)CC1OCCO1. The molecule has 0 aromatic heterocycles. The summed E-state index contributed by atoms with van der Waals surface area (Å²) < 4.78 is 23.3. The Balaban J connectivity index is 1.93. The predicted molar refractivity (Wildman–Crippen MR) is 60.2 cm³/mol. The van der Waals surface area contributed by atoms with E-state index in [1.54, 1.807) is 13.0 Å². The average molecular weight is 238 g/mol. The van der Waals surface area contributed by atoms with Gasteiger partial charge < -0.3 is 9.47 Å². The minimum atomic E-state index is -0.400. The molecule has 0 aliphatic carbocycles. The van der Waals surface area contributed by atoms with Crippen molar-refractivity contribution >= 4 is 5.78 Å². The van der Waals surface area contributed by atoms with Gasteiger partial charge in [-0.1, -0.05) is 6.07 Å². The molecule has 0 spiro atoms. The smallest absolute Gasteiger partial charge is 0.164 e. The first-order valence-corrected chi connectivity index (χ1v) is 5.65. The first-order chi connectivity index (χ1) is 8.15. The second-order valence-electron chi connectivity index (χ2n) is 4.16. The summed E-state index contributed by atoms with van der Waals surface area (Å²) in [5.74, 6) is -0.229. The van der Waals surface area contributed by atoms with Gasteiger partial charge in [0.15, 0.2) is 6.29 Å². The lowest BCUT2D eigenvalue weighted by Crippen LogP contribution is -2.16. The van der Waals surface area contributed by atoms with Gasteiger partial charge in [-0.2, -0.15) is 0 Å². The number of ketones is 1. The van der Waals surface area contributed by atoms with E-state index in [4.69, 9.17) is 9.47 Å². The van der Waals surface area contributed by atoms with Gasteiger partial charge in [-0.05, 0) is 30.2 Å². The maximum absolute atomic E-state index is 12.9. The van der Waals surface area contributed by atoms with Crippen LogP contribution < -0.4 is 0 Å². The fourth-order valence-corrected chi connectivity index (χ4v) is 1.85. The highest BCUT2D eigenvalue weighted by Crippen LogP contribution is 2.14. The summed E-state index contributed by atoms with van der Waals surface area (Å²) in [6.07, 6.45) is 0.162. The lowest BCUT2D eigenvalue weighted by atomic mass is 10.0. The second kappa shape index (κ2) is 5.38. The molecule has 1 saturated heterocycles. The van der Waals surface area contributed by atoms with Crippen molar-refractivity contribution in [1.29, 1.82) is 0 Å². The van der Waals surface area contributed by atoms with E-state index < -0.39 is 6.29 Å². The zero-order valence-electron chi connectivity index (χ0n) is 9.74. The second-order valence-corrected chi connectivity index (χ2v) is 4.16. The molecule has 92 valence electrons. The Morgan fingerprint density at radius 1 is 1.41 bits per heavy atom. The van der Waals surface area contributed by atoms with Gasteiger partial charge in [0.1, 0.15) is 11.6 Å². The molecule has 1 aliphatic heterocycles. The standard InChI is InChI=1S/C13H15FO3/c1-9-6-11(14)3-2-10(9)7-12(15)8-13-16-4-5-17-13/h2-3,6,13H,4-5,7-8H2,1H3. The van der Waals surface area contributed by atoms with Crippen LogP contribution in [0.25, 0.3) is 0 Å². The van der Waals surface area contributed by atoms with Crippen LogP contribution in [0.15, 0.2) is 18.2 Å². The topological polar surface area (TPSA) is 35.5 Å². The molecule has 0 amide bonds. The van der Waals surface area contributed by atoms with Gasteiger partial charge in [0, 0.05) is 6.42 Å². The number of carbonyl (C=O) groups excluding carboxylic acids is 1. The van der Waals surface area contributed by atoms with Crippen molar-refractivity contribution in [2.45, 2.75) is 26.1 Å². The Bertz CT molecular complexity index is 411. The van der Waals surface area contributed by atoms with Crippen LogP contribution in [-0.4, -0.2) is 25.3 Å². The van der Waals surface area contributed by atoms with Crippen LogP contribution in [-0.2, 0) is 20.7 Å². The van der Waals surface area contributed by atoms with Crippen LogP contribution in [0.1, 0.15) is 17.5 Å². The van der Waals surface area contributed by atoms with Gasteiger partial charge in [-0.15, -0.1) is 0 Å². The predicted octanol–water partition coefficient (Wildman–Crippen LogP) is 2.01. The Kier molecular flexibility index (Phi) is 3.86. The van der Waals surface area contributed by atoms with E-state index >= 15 is 0 Å². The number of halogens is 1. The van der Waals surface area contributed by atoms with E-state index in [0.717, 1.165) is 11.1 Å². The molecule has 17 heavy (non-hydrogen) atoms. The van der Waals surface area contributed by atoms with Crippen LogP contribution in [0.4, 0.5) is 4.39 Å². The molecule has 0 unspecified atom stereocenters. The molecule has 0 N–H and O–H groups in total. The summed E-state index contributed by atoms with van der Waals surface area (Å²) in [4.78, 5) is 11.8. The molecule has 1 fully saturated rings. The van der Waals surface area contributed by atoms with Crippen molar-refractivity contribution in [3.05, 3.63) is 35.1 Å². The third-order valence-corrected chi connectivity index (χ3v) is 2.78. The number of rotatable bonds is 4. The Morgan fingerprint density at radius 2 is 2.12 bits per heavy atom. The fourth-order valence-electron chi connectivity index (χ4n) is 1.85. The lowest BCUT2D eigenvalue weighted by molar-refractivity contribution is -0.126. The molecule has 1 aromatic rings. The summed E-state index contributed by atoms with van der Waals surface area (Å²) >= 11 is 0. The van der Waals surface area contributed by atoms with Gasteiger partial charge >= 0.3 is 0 Å². The summed E-state index contributed by atoms with van der Waals surface area (Å²) in [5.41, 5.74) is 1.65. The third-order valence-electron chi connectivity index (χ3n) is 2.78. The summed E-state index contributed by atoms with van der Waals surface area (Å²) in [6, 6.07) is 4.46. The minimum absolute atomic E-state index is 0.0478. The lowest BCUT2D eigenvalue weighted by Gasteiger charge is -2.09. The molecule has 0 saturated carbocycles. The highest BCUT2D eigenvalue weighted by atomic mass is 19.1. The van der Waals surface area contributed by atoms with Crippen LogP contribution in [0.3, 0.4) is 0 Å². The van der Waals surface area contributed by atoms with E-state index in [2.05, 4.69) is 0 Å². The van der Waals surface area contributed by atoms with E-state index in [-0.39, 0.29) is 18.0 Å². The van der Waals surface area contributed by atoms with Crippen molar-refractivity contribution in [2.75, 3.05) is 13.2 Å². The third kappa shape index (κ3) is 3.35. The number of carbonyl (C=O) groups is 1. The number of ether oxygens (including phenoxy) is 2. The van der Waals surface area contributed by atoms with Crippen molar-refractivity contribution in [3.8, 4) is 0 Å². The van der Waals surface area contributed by atoms with Gasteiger partial charge in [0.25, 0.3) is 0 Å². The molecule has 3 nitrogen and oxygen atoms in total. The van der Waals surface area contributed by atoms with Crippen molar-refractivity contribution < 1.29 is 18.7 Å². The van der Waals surface area contributed by atoms with Crippen LogP contribution in [0, 0.1) is 12.7 Å². The van der Waals surface area contributed by atoms with Crippen molar-refractivity contribution in [2.24, 2.45) is 0 Å². The average Bonchev–Trinajstić information content (AvgIpc) is 2.75. The Labute approximate surface area is 99.5 Å². The van der Waals surface area contributed by atoms with E-state index in [0.29, 0.717) is 19.6 Å². The van der Waals surface area contributed by atoms with Crippen LogP contribution >= 0.6 is 0 Å². The Hall–Kier alpha value is -1.26. The van der Waals surface area contributed by atoms with Crippen molar-refractivity contribution in [3.63, 3.8) is 0 Å². The quantitative estimate of drug-likeness (QED) is 0.805. The fraction of sp³-hybridized carbons (Fsp3) is 0.462. The van der Waals surface area contributed by atoms with E-state index in [1.165, 1.54) is 12.1 Å². The summed E-state index contributed by atoms with van der Waals surface area (Å²) in [7, 11) is 0. The van der Waals surface area contributed by atoms with Crippen LogP contribution in [0.2, 0.25) is 0 Å². The van der Waals surface area contributed by atoms with Gasteiger partial charge in [0.05, 0.1) is 19.6 Å². The largest absolute Gasteiger partial charge is 0.350 e. The van der Waals surface area contributed by atoms with Gasteiger partial charge in [-0.3, -0.25) is 4.79 Å². The number of hydrogen-bond donors (Lipinski definition) is 0. The zero-order valence-corrected chi connectivity index (χ0v) is 9.74. The van der Waals surface area contributed by atoms with Gasteiger partial charge in [-0.25, -0.2) is 4.39 Å². The van der Waals surface area contributed by atoms with Crippen molar-refractivity contribution in [1.82, 2.24) is 0 Å². The zero-order chi connectivity index (χ0) is 12.3. The maximum atomic E-state index is 12.9. The number of hydrogen-bond acceptors (Lipinski definition) is 3. The molecule has 1 aromatic carbocycles. The number of aryl methyl sites for hydroxylation is 1. The number of benzene rings is 1. The molecule has 0 bridgehead atoms. The molecule has 0 radical (unpaired) electrons. The van der Waals surface area contributed by atoms with E-state index in [9.17, 15) is 9.18 Å². The highest BCUT2D eigenvalue weighted by molar-refractivity contribution is 5.81. The molecule has 1 heterocycles. The molecule has 4 heteroatoms. The highest BCUT2D eigenvalue weighted by Gasteiger charge is 2.20. The van der Waals surface area contributed by atoms with Gasteiger partial charge in [0.2, 0.25) is 0 Å². The molecule has 1 aliphatic rings. The Morgan fingerprint density at radius 3 is 2.76 bits per heavy atom. The molecular weight excluding hydrogens is 223 g/mol. The maximum Gasteiger partial charge on any atom is 0.164 e.